The Bertz CT molecular complexity index is 334. The van der Waals surface area contributed by atoms with E-state index in [1.54, 1.807) is 26.5 Å². The first kappa shape index (κ1) is 13.3. The van der Waals surface area contributed by atoms with E-state index in [0.29, 0.717) is 24.1 Å². The first-order chi connectivity index (χ1) is 7.72. The molecular formula is C11H17BrN2O2. The standard InChI is InChI=1S/C11H17BrN2O2/c1-8(6-12)14-7-9-11(16-3)10(15-2)4-5-13-9/h4-5,8,14H,6-7H2,1-3H3. The second-order valence-corrected chi connectivity index (χ2v) is 4.08. The number of alkyl halides is 1. The fourth-order valence-electron chi connectivity index (χ4n) is 1.30. The molecule has 1 atom stereocenters. The van der Waals surface area contributed by atoms with Crippen molar-refractivity contribution in [2.24, 2.45) is 0 Å². The normalized spacial score (nSPS) is 12.2. The van der Waals surface area contributed by atoms with Crippen LogP contribution in [-0.4, -0.2) is 30.6 Å². The van der Waals surface area contributed by atoms with Gasteiger partial charge in [-0.25, -0.2) is 0 Å². The van der Waals surface area contributed by atoms with Crippen LogP contribution in [0.3, 0.4) is 0 Å². The van der Waals surface area contributed by atoms with Gasteiger partial charge in [-0.05, 0) is 6.92 Å². The summed E-state index contributed by atoms with van der Waals surface area (Å²) in [4.78, 5) is 4.28. The van der Waals surface area contributed by atoms with Crippen molar-refractivity contribution in [2.45, 2.75) is 19.5 Å². The number of nitrogens with one attached hydrogen (secondary N) is 1. The van der Waals surface area contributed by atoms with Crippen LogP contribution in [0.15, 0.2) is 12.3 Å². The maximum absolute atomic E-state index is 5.29. The molecule has 0 saturated carbocycles. The number of nitrogens with zero attached hydrogens (tertiary/aromatic N) is 1. The van der Waals surface area contributed by atoms with Gasteiger partial charge in [0.1, 0.15) is 0 Å². The first-order valence-corrected chi connectivity index (χ1v) is 6.20. The van der Waals surface area contributed by atoms with E-state index in [0.717, 1.165) is 11.0 Å². The van der Waals surface area contributed by atoms with Gasteiger partial charge >= 0.3 is 0 Å². The molecule has 1 N–H and O–H groups in total. The minimum absolute atomic E-state index is 0.387. The van der Waals surface area contributed by atoms with E-state index in [1.807, 2.05) is 0 Å². The second-order valence-electron chi connectivity index (χ2n) is 3.43. The maximum Gasteiger partial charge on any atom is 0.183 e. The molecule has 0 amide bonds. The Labute approximate surface area is 104 Å². The molecule has 4 nitrogen and oxygen atoms in total. The van der Waals surface area contributed by atoms with E-state index in [1.165, 1.54) is 0 Å². The number of halogens is 1. The molecule has 1 rings (SSSR count). The highest BCUT2D eigenvalue weighted by atomic mass is 79.9. The van der Waals surface area contributed by atoms with Crippen molar-refractivity contribution < 1.29 is 9.47 Å². The lowest BCUT2D eigenvalue weighted by Crippen LogP contribution is -2.27. The Morgan fingerprint density at radius 3 is 2.75 bits per heavy atom. The molecule has 1 heterocycles. The van der Waals surface area contributed by atoms with Crippen LogP contribution in [0.25, 0.3) is 0 Å². The van der Waals surface area contributed by atoms with Crippen molar-refractivity contribution in [3.8, 4) is 11.5 Å². The summed E-state index contributed by atoms with van der Waals surface area (Å²) in [7, 11) is 3.24. The van der Waals surface area contributed by atoms with Crippen LogP contribution in [0.1, 0.15) is 12.6 Å². The van der Waals surface area contributed by atoms with E-state index in [-0.39, 0.29) is 0 Å². The van der Waals surface area contributed by atoms with Crippen molar-refractivity contribution in [2.75, 3.05) is 19.5 Å². The Morgan fingerprint density at radius 2 is 2.19 bits per heavy atom. The third-order valence-electron chi connectivity index (χ3n) is 2.22. The lowest BCUT2D eigenvalue weighted by Gasteiger charge is -2.14. The van der Waals surface area contributed by atoms with Crippen LogP contribution >= 0.6 is 15.9 Å². The van der Waals surface area contributed by atoms with Crippen LogP contribution in [-0.2, 0) is 6.54 Å². The fraction of sp³-hybridized carbons (Fsp3) is 0.545. The van der Waals surface area contributed by atoms with Crippen molar-refractivity contribution >= 4 is 15.9 Å². The molecule has 5 heteroatoms. The molecule has 0 spiro atoms. The number of pyridine rings is 1. The Balaban J connectivity index is 2.78. The SMILES string of the molecule is COc1ccnc(CNC(C)CBr)c1OC. The molecule has 0 aromatic carbocycles. The van der Waals surface area contributed by atoms with Crippen LogP contribution in [0.5, 0.6) is 11.5 Å². The van der Waals surface area contributed by atoms with E-state index >= 15 is 0 Å². The third-order valence-corrected chi connectivity index (χ3v) is 3.19. The van der Waals surface area contributed by atoms with Gasteiger partial charge in [-0.3, -0.25) is 4.98 Å². The summed E-state index contributed by atoms with van der Waals surface area (Å²) in [6.07, 6.45) is 1.72. The highest BCUT2D eigenvalue weighted by molar-refractivity contribution is 9.09. The largest absolute Gasteiger partial charge is 0.493 e. The van der Waals surface area contributed by atoms with Gasteiger partial charge in [0.25, 0.3) is 0 Å². The van der Waals surface area contributed by atoms with Crippen molar-refractivity contribution in [1.82, 2.24) is 10.3 Å². The van der Waals surface area contributed by atoms with E-state index in [9.17, 15) is 0 Å². The quantitative estimate of drug-likeness (QED) is 0.813. The van der Waals surface area contributed by atoms with Gasteiger partial charge < -0.3 is 14.8 Å². The number of methoxy groups -OCH3 is 2. The molecule has 1 aromatic heterocycles. The molecule has 1 unspecified atom stereocenters. The van der Waals surface area contributed by atoms with Crippen molar-refractivity contribution in [3.63, 3.8) is 0 Å². The molecule has 0 saturated heterocycles. The maximum atomic E-state index is 5.29. The third kappa shape index (κ3) is 3.35. The first-order valence-electron chi connectivity index (χ1n) is 5.08. The molecule has 0 aliphatic rings. The number of ether oxygens (including phenoxy) is 2. The molecule has 0 bridgehead atoms. The topological polar surface area (TPSA) is 43.4 Å². The number of rotatable bonds is 6. The zero-order valence-electron chi connectivity index (χ0n) is 9.79. The number of aromatic nitrogens is 1. The van der Waals surface area contributed by atoms with Gasteiger partial charge in [0, 0.05) is 30.2 Å². The molecule has 0 aliphatic heterocycles. The van der Waals surface area contributed by atoms with Gasteiger partial charge in [0.15, 0.2) is 11.5 Å². The summed E-state index contributed by atoms with van der Waals surface area (Å²) in [6, 6.07) is 2.17. The van der Waals surface area contributed by atoms with Crippen molar-refractivity contribution in [1.29, 1.82) is 0 Å². The zero-order chi connectivity index (χ0) is 12.0. The predicted octanol–water partition coefficient (Wildman–Crippen LogP) is 1.97. The lowest BCUT2D eigenvalue weighted by molar-refractivity contribution is 0.347. The van der Waals surface area contributed by atoms with E-state index < -0.39 is 0 Å². The van der Waals surface area contributed by atoms with E-state index in [2.05, 4.69) is 33.2 Å². The molecule has 1 aromatic rings. The Kier molecular flexibility index (Phi) is 5.55. The van der Waals surface area contributed by atoms with Crippen LogP contribution in [0.2, 0.25) is 0 Å². The van der Waals surface area contributed by atoms with Gasteiger partial charge in [0.05, 0.1) is 19.9 Å². The second kappa shape index (κ2) is 6.70. The summed E-state index contributed by atoms with van der Waals surface area (Å²) < 4.78 is 10.5. The van der Waals surface area contributed by atoms with Crippen molar-refractivity contribution in [3.05, 3.63) is 18.0 Å². The van der Waals surface area contributed by atoms with Gasteiger partial charge in [-0.1, -0.05) is 15.9 Å². The highest BCUT2D eigenvalue weighted by Crippen LogP contribution is 2.28. The average molecular weight is 289 g/mol. The van der Waals surface area contributed by atoms with Crippen LogP contribution in [0.4, 0.5) is 0 Å². The molecule has 90 valence electrons. The van der Waals surface area contributed by atoms with Crippen LogP contribution < -0.4 is 14.8 Å². The summed E-state index contributed by atoms with van der Waals surface area (Å²) in [6.45, 7) is 2.76. The zero-order valence-corrected chi connectivity index (χ0v) is 11.4. The molecule has 16 heavy (non-hydrogen) atoms. The average Bonchev–Trinajstić information content (AvgIpc) is 2.34. The smallest absolute Gasteiger partial charge is 0.183 e. The fourth-order valence-corrected chi connectivity index (χ4v) is 1.53. The van der Waals surface area contributed by atoms with Gasteiger partial charge in [-0.2, -0.15) is 0 Å². The summed E-state index contributed by atoms with van der Waals surface area (Å²) >= 11 is 3.41. The van der Waals surface area contributed by atoms with Gasteiger partial charge in [0.2, 0.25) is 0 Å². The van der Waals surface area contributed by atoms with Gasteiger partial charge in [-0.15, -0.1) is 0 Å². The number of hydrogen-bond donors (Lipinski definition) is 1. The summed E-state index contributed by atoms with van der Waals surface area (Å²) in [5.41, 5.74) is 0.856. The monoisotopic (exact) mass is 288 g/mol. The molecular weight excluding hydrogens is 272 g/mol. The Hall–Kier alpha value is -0.810. The molecule has 0 fully saturated rings. The van der Waals surface area contributed by atoms with E-state index in [4.69, 9.17) is 9.47 Å². The summed E-state index contributed by atoms with van der Waals surface area (Å²) in [5, 5.41) is 4.23. The Morgan fingerprint density at radius 1 is 1.44 bits per heavy atom. The molecule has 0 aliphatic carbocycles. The lowest BCUT2D eigenvalue weighted by atomic mass is 10.3. The summed E-state index contributed by atoms with van der Waals surface area (Å²) in [5.74, 6) is 1.40. The highest BCUT2D eigenvalue weighted by Gasteiger charge is 2.11. The van der Waals surface area contributed by atoms with Crippen LogP contribution in [0, 0.1) is 0 Å². The number of hydrogen-bond acceptors (Lipinski definition) is 4. The minimum Gasteiger partial charge on any atom is -0.493 e. The minimum atomic E-state index is 0.387. The predicted molar refractivity (Wildman–Crippen MR) is 67.4 cm³/mol. The molecule has 0 radical (unpaired) electrons.